The first-order valence-corrected chi connectivity index (χ1v) is 7.44. The first kappa shape index (κ1) is 15.7. The number of fused-ring (bicyclic) bond motifs is 1. The van der Waals surface area contributed by atoms with Gasteiger partial charge in [0.15, 0.2) is 0 Å². The Morgan fingerprint density at radius 3 is 2.62 bits per heavy atom. The second kappa shape index (κ2) is 6.95. The third-order valence-electron chi connectivity index (χ3n) is 3.80. The summed E-state index contributed by atoms with van der Waals surface area (Å²) in [6.07, 6.45) is 4.00. The van der Waals surface area contributed by atoms with Crippen LogP contribution in [0, 0.1) is 0 Å². The highest BCUT2D eigenvalue weighted by Gasteiger charge is 2.13. The van der Waals surface area contributed by atoms with E-state index < -0.39 is 0 Å². The van der Waals surface area contributed by atoms with Gasteiger partial charge in [-0.3, -0.25) is 9.97 Å². The molecule has 0 saturated heterocycles. The molecule has 6 nitrogen and oxygen atoms in total. The van der Waals surface area contributed by atoms with Crippen LogP contribution in [0.2, 0.25) is 0 Å². The van der Waals surface area contributed by atoms with Crippen molar-refractivity contribution in [3.05, 3.63) is 60.0 Å². The predicted octanol–water partition coefficient (Wildman–Crippen LogP) is 2.55. The molecule has 0 aliphatic carbocycles. The van der Waals surface area contributed by atoms with Gasteiger partial charge in [0, 0.05) is 30.3 Å². The zero-order valence-electron chi connectivity index (χ0n) is 13.6. The van der Waals surface area contributed by atoms with Gasteiger partial charge in [-0.05, 0) is 29.8 Å². The van der Waals surface area contributed by atoms with Gasteiger partial charge >= 0.3 is 0 Å². The molecule has 0 spiro atoms. The third kappa shape index (κ3) is 2.99. The van der Waals surface area contributed by atoms with Crippen molar-refractivity contribution in [1.82, 2.24) is 9.97 Å². The van der Waals surface area contributed by atoms with Crippen molar-refractivity contribution in [2.75, 3.05) is 14.2 Å². The summed E-state index contributed by atoms with van der Waals surface area (Å²) in [7, 11) is 3.24. The maximum atomic E-state index is 5.59. The Balaban J connectivity index is 2.09. The Bertz CT molecular complexity index is 879. The lowest BCUT2D eigenvalue weighted by atomic mass is 10.0. The molecule has 2 heterocycles. The molecular weight excluding hydrogens is 304 g/mol. The summed E-state index contributed by atoms with van der Waals surface area (Å²) >= 11 is 0. The van der Waals surface area contributed by atoms with E-state index in [1.165, 1.54) is 0 Å². The predicted molar refractivity (Wildman–Crippen MR) is 93.5 cm³/mol. The second-order valence-corrected chi connectivity index (χ2v) is 5.16. The quantitative estimate of drug-likeness (QED) is 0.443. The average Bonchev–Trinajstić information content (AvgIpc) is 2.65. The smallest absolute Gasteiger partial charge is 0.148 e. The highest BCUT2D eigenvalue weighted by atomic mass is 16.5. The van der Waals surface area contributed by atoms with Crippen LogP contribution in [0.3, 0.4) is 0 Å². The number of hydrogen-bond acceptors (Lipinski definition) is 6. The van der Waals surface area contributed by atoms with Crippen molar-refractivity contribution in [3.8, 4) is 11.5 Å². The first-order chi connectivity index (χ1) is 11.8. The van der Waals surface area contributed by atoms with Gasteiger partial charge in [-0.2, -0.15) is 5.10 Å². The molecule has 0 bridgehead atoms. The molecule has 122 valence electrons. The third-order valence-corrected chi connectivity index (χ3v) is 3.80. The first-order valence-electron chi connectivity index (χ1n) is 7.44. The number of nitrogens with zero attached hydrogens (tertiary/aromatic N) is 3. The molecule has 1 aromatic carbocycles. The fourth-order valence-corrected chi connectivity index (χ4v) is 2.60. The molecule has 0 aliphatic heterocycles. The number of pyridine rings is 2. The van der Waals surface area contributed by atoms with Crippen LogP contribution in [0.1, 0.15) is 11.3 Å². The van der Waals surface area contributed by atoms with E-state index in [2.05, 4.69) is 15.1 Å². The van der Waals surface area contributed by atoms with E-state index in [9.17, 15) is 0 Å². The van der Waals surface area contributed by atoms with Gasteiger partial charge in [0.25, 0.3) is 0 Å². The van der Waals surface area contributed by atoms with Crippen molar-refractivity contribution in [3.63, 3.8) is 0 Å². The maximum Gasteiger partial charge on any atom is 0.148 e. The number of benzene rings is 1. The van der Waals surface area contributed by atoms with Gasteiger partial charge in [0.05, 0.1) is 25.6 Å². The zero-order chi connectivity index (χ0) is 16.9. The minimum atomic E-state index is 0.531. The van der Waals surface area contributed by atoms with E-state index in [1.54, 1.807) is 26.6 Å². The Morgan fingerprint density at radius 2 is 1.96 bits per heavy atom. The lowest BCUT2D eigenvalue weighted by Gasteiger charge is -2.12. The Morgan fingerprint density at radius 1 is 1.08 bits per heavy atom. The molecule has 0 atom stereocenters. The van der Waals surface area contributed by atoms with Crippen LogP contribution in [0.5, 0.6) is 11.5 Å². The van der Waals surface area contributed by atoms with E-state index in [1.807, 2.05) is 36.4 Å². The molecule has 3 rings (SSSR count). The van der Waals surface area contributed by atoms with Crippen LogP contribution in [0.25, 0.3) is 10.9 Å². The largest absolute Gasteiger partial charge is 0.497 e. The number of ether oxygens (including phenoxy) is 2. The second-order valence-electron chi connectivity index (χ2n) is 5.16. The zero-order valence-corrected chi connectivity index (χ0v) is 13.6. The van der Waals surface area contributed by atoms with E-state index >= 15 is 0 Å². The van der Waals surface area contributed by atoms with E-state index in [4.69, 9.17) is 15.3 Å². The van der Waals surface area contributed by atoms with Crippen LogP contribution < -0.4 is 15.3 Å². The molecule has 0 aliphatic rings. The van der Waals surface area contributed by atoms with Gasteiger partial charge in [-0.15, -0.1) is 0 Å². The lowest BCUT2D eigenvalue weighted by molar-refractivity contribution is 0.397. The summed E-state index contributed by atoms with van der Waals surface area (Å²) in [6, 6.07) is 11.3. The van der Waals surface area contributed by atoms with Gasteiger partial charge in [0.2, 0.25) is 0 Å². The summed E-state index contributed by atoms with van der Waals surface area (Å²) < 4.78 is 10.8. The Labute approximate surface area is 140 Å². The summed E-state index contributed by atoms with van der Waals surface area (Å²) in [6.45, 7) is 0. The normalized spacial score (nSPS) is 11.5. The van der Waals surface area contributed by atoms with Crippen molar-refractivity contribution in [2.45, 2.75) is 6.42 Å². The maximum absolute atomic E-state index is 5.59. The van der Waals surface area contributed by atoms with Crippen LogP contribution in [-0.4, -0.2) is 29.9 Å². The topological polar surface area (TPSA) is 82.6 Å². The fraction of sp³-hybridized carbons (Fsp3) is 0.167. The molecule has 0 fully saturated rings. The van der Waals surface area contributed by atoms with Gasteiger partial charge in [-0.25, -0.2) is 0 Å². The molecule has 0 unspecified atom stereocenters. The number of aromatic nitrogens is 2. The van der Waals surface area contributed by atoms with Crippen molar-refractivity contribution in [1.29, 1.82) is 0 Å². The monoisotopic (exact) mass is 322 g/mol. The summed E-state index contributed by atoms with van der Waals surface area (Å²) in [5.74, 6) is 6.96. The van der Waals surface area contributed by atoms with Crippen LogP contribution in [0.4, 0.5) is 0 Å². The summed E-state index contributed by atoms with van der Waals surface area (Å²) in [5, 5.41) is 4.85. The lowest BCUT2D eigenvalue weighted by Crippen LogP contribution is -2.10. The molecular formula is C18H18N4O2. The van der Waals surface area contributed by atoms with Gasteiger partial charge < -0.3 is 15.3 Å². The fourth-order valence-electron chi connectivity index (χ4n) is 2.60. The highest BCUT2D eigenvalue weighted by Crippen LogP contribution is 2.31. The molecule has 0 radical (unpaired) electrons. The van der Waals surface area contributed by atoms with E-state index in [0.29, 0.717) is 23.6 Å². The standard InChI is InChI=1S/C18H18N4O2/c1-23-13-10-14-12(6-8-21-18(14)17(11-13)24-2)9-16(22-19)15-5-3-4-7-20-15/h3-8,10-11H,9,19H2,1-2H3. The number of hydrogen-bond donors (Lipinski definition) is 1. The highest BCUT2D eigenvalue weighted by molar-refractivity contribution is 6.02. The summed E-state index contributed by atoms with van der Waals surface area (Å²) in [4.78, 5) is 8.74. The van der Waals surface area contributed by atoms with E-state index in [0.717, 1.165) is 22.2 Å². The molecule has 0 amide bonds. The number of nitrogens with two attached hydrogens (primary N) is 1. The number of rotatable bonds is 5. The van der Waals surface area contributed by atoms with E-state index in [-0.39, 0.29) is 0 Å². The summed E-state index contributed by atoms with van der Waals surface area (Å²) in [5.41, 5.74) is 3.24. The molecule has 6 heteroatoms. The van der Waals surface area contributed by atoms with Gasteiger partial charge in [0.1, 0.15) is 17.0 Å². The minimum absolute atomic E-state index is 0.531. The minimum Gasteiger partial charge on any atom is -0.497 e. The van der Waals surface area contributed by atoms with Crippen molar-refractivity contribution in [2.24, 2.45) is 10.9 Å². The van der Waals surface area contributed by atoms with Crippen LogP contribution in [0.15, 0.2) is 53.9 Å². The molecule has 2 aromatic heterocycles. The molecule has 2 N–H and O–H groups in total. The van der Waals surface area contributed by atoms with Crippen LogP contribution in [-0.2, 0) is 6.42 Å². The SMILES string of the molecule is COc1cc(OC)c2nccc(CC(=NN)c3ccccn3)c2c1. The number of hydrazone groups is 1. The number of methoxy groups -OCH3 is 2. The Kier molecular flexibility index (Phi) is 4.56. The molecule has 0 saturated carbocycles. The van der Waals surface area contributed by atoms with Crippen LogP contribution >= 0.6 is 0 Å². The van der Waals surface area contributed by atoms with Crippen molar-refractivity contribution >= 4 is 16.6 Å². The molecule has 3 aromatic rings. The molecule has 24 heavy (non-hydrogen) atoms. The average molecular weight is 322 g/mol. The van der Waals surface area contributed by atoms with Crippen molar-refractivity contribution < 1.29 is 9.47 Å². The van der Waals surface area contributed by atoms with Gasteiger partial charge in [-0.1, -0.05) is 6.07 Å². The Hall–Kier alpha value is -3.15.